The lowest BCUT2D eigenvalue weighted by molar-refractivity contribution is -0.139. The van der Waals surface area contributed by atoms with Crippen molar-refractivity contribution in [2.45, 2.75) is 45.5 Å². The third kappa shape index (κ3) is 4.26. The van der Waals surface area contributed by atoms with E-state index in [4.69, 9.17) is 4.74 Å². The van der Waals surface area contributed by atoms with Gasteiger partial charge in [0.2, 0.25) is 0 Å². The van der Waals surface area contributed by atoms with Crippen LogP contribution in [0, 0.1) is 5.82 Å². The van der Waals surface area contributed by atoms with Gasteiger partial charge in [0.15, 0.2) is 0 Å². The number of hydrogen-bond donors (Lipinski definition) is 1. The summed E-state index contributed by atoms with van der Waals surface area (Å²) in [5, 5.41) is 0. The number of alkyl halides is 3. The number of amides is 1. The minimum atomic E-state index is -4.73. The van der Waals surface area contributed by atoms with E-state index < -0.39 is 29.3 Å². The van der Waals surface area contributed by atoms with Crippen LogP contribution in [0.2, 0.25) is 0 Å². The Bertz CT molecular complexity index is 866. The third-order valence-corrected chi connectivity index (χ3v) is 4.23. The van der Waals surface area contributed by atoms with Crippen molar-refractivity contribution in [3.8, 4) is 11.3 Å². The van der Waals surface area contributed by atoms with Crippen molar-refractivity contribution in [2.75, 3.05) is 6.54 Å². The average molecular weight is 384 g/mol. The number of H-pyrrole nitrogens is 1. The largest absolute Gasteiger partial charge is 0.444 e. The van der Waals surface area contributed by atoms with Crippen LogP contribution < -0.4 is 0 Å². The minimum absolute atomic E-state index is 0.299. The molecular formula is C19H20F4N2O2. The van der Waals surface area contributed by atoms with Gasteiger partial charge in [-0.05, 0) is 51.0 Å². The predicted molar refractivity (Wildman–Crippen MR) is 91.5 cm³/mol. The van der Waals surface area contributed by atoms with E-state index in [1.54, 1.807) is 31.7 Å². The van der Waals surface area contributed by atoms with Crippen molar-refractivity contribution in [2.24, 2.45) is 0 Å². The summed E-state index contributed by atoms with van der Waals surface area (Å²) in [6, 6.07) is 4.61. The van der Waals surface area contributed by atoms with E-state index in [9.17, 15) is 22.4 Å². The summed E-state index contributed by atoms with van der Waals surface area (Å²) in [5.41, 5.74) is 0.652. The zero-order valence-electron chi connectivity index (χ0n) is 15.2. The molecule has 0 radical (unpaired) electrons. The first-order valence-corrected chi connectivity index (χ1v) is 8.50. The number of ether oxygens (including phenoxy) is 1. The second-order valence-corrected chi connectivity index (χ2v) is 7.53. The molecule has 4 nitrogen and oxygen atoms in total. The van der Waals surface area contributed by atoms with Crippen molar-refractivity contribution >= 4 is 6.09 Å². The fourth-order valence-electron chi connectivity index (χ4n) is 2.98. The van der Waals surface area contributed by atoms with Gasteiger partial charge < -0.3 is 14.6 Å². The van der Waals surface area contributed by atoms with Crippen LogP contribution in [-0.2, 0) is 23.9 Å². The second-order valence-electron chi connectivity index (χ2n) is 7.53. The molecule has 146 valence electrons. The van der Waals surface area contributed by atoms with Gasteiger partial charge in [-0.3, -0.25) is 0 Å². The molecular weight excluding hydrogens is 364 g/mol. The molecule has 27 heavy (non-hydrogen) atoms. The first-order valence-electron chi connectivity index (χ1n) is 8.50. The molecule has 3 rings (SSSR count). The molecule has 0 saturated heterocycles. The highest BCUT2D eigenvalue weighted by molar-refractivity contribution is 5.69. The number of carbonyl (C=O) groups excluding carboxylic acids is 1. The summed E-state index contributed by atoms with van der Waals surface area (Å²) in [6.45, 7) is 6.12. The van der Waals surface area contributed by atoms with Gasteiger partial charge in [0.25, 0.3) is 0 Å². The molecule has 0 saturated carbocycles. The van der Waals surface area contributed by atoms with E-state index in [1.807, 2.05) is 0 Å². The molecule has 1 aliphatic rings. The lowest BCUT2D eigenvalue weighted by atomic mass is 10.1. The minimum Gasteiger partial charge on any atom is -0.444 e. The van der Waals surface area contributed by atoms with E-state index in [0.29, 0.717) is 30.8 Å². The van der Waals surface area contributed by atoms with Gasteiger partial charge >= 0.3 is 12.3 Å². The summed E-state index contributed by atoms with van der Waals surface area (Å²) >= 11 is 0. The van der Waals surface area contributed by atoms with Crippen LogP contribution in [0.1, 0.15) is 37.6 Å². The molecule has 0 fully saturated rings. The first kappa shape index (κ1) is 19.3. The van der Waals surface area contributed by atoms with Gasteiger partial charge in [-0.2, -0.15) is 13.2 Å². The number of aromatic nitrogens is 1. The number of hydrogen-bond acceptors (Lipinski definition) is 2. The molecule has 1 aromatic carbocycles. The van der Waals surface area contributed by atoms with Gasteiger partial charge in [0, 0.05) is 23.5 Å². The van der Waals surface area contributed by atoms with Gasteiger partial charge in [-0.15, -0.1) is 0 Å². The third-order valence-electron chi connectivity index (χ3n) is 4.23. The van der Waals surface area contributed by atoms with E-state index >= 15 is 0 Å². The van der Waals surface area contributed by atoms with Crippen molar-refractivity contribution in [1.82, 2.24) is 9.88 Å². The zero-order chi connectivity index (χ0) is 20.0. The summed E-state index contributed by atoms with van der Waals surface area (Å²) < 4.78 is 57.3. The Morgan fingerprint density at radius 1 is 1.19 bits per heavy atom. The SMILES string of the molecule is CC(C)(C)OC(=O)N1CCc2cc(-c3ccc(C(F)(F)F)c(F)c3)[nH]c2C1. The Labute approximate surface area is 154 Å². The van der Waals surface area contributed by atoms with E-state index in [1.165, 1.54) is 6.07 Å². The molecule has 0 bridgehead atoms. The summed E-state index contributed by atoms with van der Waals surface area (Å²) in [4.78, 5) is 16.9. The smallest absolute Gasteiger partial charge is 0.419 e. The van der Waals surface area contributed by atoms with Crippen LogP contribution in [0.5, 0.6) is 0 Å². The Balaban J connectivity index is 1.81. The fraction of sp³-hybridized carbons (Fsp3) is 0.421. The highest BCUT2D eigenvalue weighted by atomic mass is 19.4. The topological polar surface area (TPSA) is 45.3 Å². The lowest BCUT2D eigenvalue weighted by Crippen LogP contribution is -2.39. The number of halogens is 4. The van der Waals surface area contributed by atoms with Crippen molar-refractivity contribution in [1.29, 1.82) is 0 Å². The van der Waals surface area contributed by atoms with Crippen molar-refractivity contribution in [3.05, 3.63) is 46.9 Å². The molecule has 0 unspecified atom stereocenters. The van der Waals surface area contributed by atoms with Gasteiger partial charge in [-0.1, -0.05) is 6.07 Å². The maximum absolute atomic E-state index is 13.8. The quantitative estimate of drug-likeness (QED) is 0.693. The molecule has 2 aromatic rings. The van der Waals surface area contributed by atoms with E-state index in [2.05, 4.69) is 4.98 Å². The van der Waals surface area contributed by atoms with Crippen LogP contribution in [0.15, 0.2) is 24.3 Å². The molecule has 1 N–H and O–H groups in total. The van der Waals surface area contributed by atoms with Crippen LogP contribution >= 0.6 is 0 Å². The molecule has 0 spiro atoms. The Morgan fingerprint density at radius 3 is 2.48 bits per heavy atom. The number of fused-ring (bicyclic) bond motifs is 1. The maximum atomic E-state index is 13.8. The van der Waals surface area contributed by atoms with Crippen LogP contribution in [0.4, 0.5) is 22.4 Å². The molecule has 1 amide bonds. The summed E-state index contributed by atoms with van der Waals surface area (Å²) in [5.74, 6) is -1.32. The van der Waals surface area contributed by atoms with Crippen molar-refractivity contribution in [3.63, 3.8) is 0 Å². The molecule has 0 aliphatic carbocycles. The van der Waals surface area contributed by atoms with Gasteiger partial charge in [0.05, 0.1) is 12.1 Å². The first-order chi connectivity index (χ1) is 12.4. The van der Waals surface area contributed by atoms with Crippen molar-refractivity contribution < 1.29 is 27.1 Å². The highest BCUT2D eigenvalue weighted by Crippen LogP contribution is 2.34. The average Bonchev–Trinajstić information content (AvgIpc) is 2.94. The van der Waals surface area contributed by atoms with Crippen LogP contribution in [-0.4, -0.2) is 28.1 Å². The standard InChI is InChI=1S/C19H20F4N2O2/c1-18(2,3)27-17(26)25-7-6-12-9-15(24-16(12)10-25)11-4-5-13(14(20)8-11)19(21,22)23/h4-5,8-9,24H,6-7,10H2,1-3H3. The van der Waals surface area contributed by atoms with Crippen LogP contribution in [0.3, 0.4) is 0 Å². The zero-order valence-corrected chi connectivity index (χ0v) is 15.2. The number of rotatable bonds is 1. The van der Waals surface area contributed by atoms with E-state index in [0.717, 1.165) is 23.4 Å². The molecule has 2 heterocycles. The summed E-state index contributed by atoms with van der Waals surface area (Å²) in [6.07, 6.45) is -4.58. The molecule has 0 atom stereocenters. The fourth-order valence-corrected chi connectivity index (χ4v) is 2.98. The number of nitrogens with zero attached hydrogens (tertiary/aromatic N) is 1. The Morgan fingerprint density at radius 2 is 1.89 bits per heavy atom. The van der Waals surface area contributed by atoms with Gasteiger partial charge in [-0.25, -0.2) is 9.18 Å². The summed E-state index contributed by atoms with van der Waals surface area (Å²) in [7, 11) is 0. The maximum Gasteiger partial charge on any atom is 0.419 e. The number of carbonyl (C=O) groups is 1. The molecule has 8 heteroatoms. The molecule has 1 aliphatic heterocycles. The molecule has 1 aromatic heterocycles. The van der Waals surface area contributed by atoms with Gasteiger partial charge in [0.1, 0.15) is 11.4 Å². The second kappa shape index (κ2) is 6.58. The van der Waals surface area contributed by atoms with Crippen LogP contribution in [0.25, 0.3) is 11.3 Å². The normalized spacial score (nSPS) is 14.9. The monoisotopic (exact) mass is 384 g/mol. The highest BCUT2D eigenvalue weighted by Gasteiger charge is 2.34. The number of nitrogens with one attached hydrogen (secondary N) is 1. The number of benzene rings is 1. The Hall–Kier alpha value is -2.51. The lowest BCUT2D eigenvalue weighted by Gasteiger charge is -2.29. The Kier molecular flexibility index (Phi) is 4.69. The predicted octanol–water partition coefficient (Wildman–Crippen LogP) is 5.13. The van der Waals surface area contributed by atoms with E-state index in [-0.39, 0.29) is 0 Å². The number of aromatic amines is 1.